The highest BCUT2D eigenvalue weighted by Crippen LogP contribution is 2.07. The summed E-state index contributed by atoms with van der Waals surface area (Å²) in [7, 11) is 0. The molecule has 18 heavy (non-hydrogen) atoms. The van der Waals surface area contributed by atoms with E-state index in [-0.39, 0.29) is 18.7 Å². The largest absolute Gasteiger partial charge is 0.480 e. The summed E-state index contributed by atoms with van der Waals surface area (Å²) < 4.78 is 4.93. The van der Waals surface area contributed by atoms with Crippen molar-refractivity contribution in [1.29, 1.82) is 0 Å². The number of nitrogens with one attached hydrogen (secondary N) is 1. The Morgan fingerprint density at radius 1 is 1.44 bits per heavy atom. The second kappa shape index (κ2) is 6.67. The van der Waals surface area contributed by atoms with E-state index in [9.17, 15) is 9.59 Å². The van der Waals surface area contributed by atoms with E-state index in [2.05, 4.69) is 10.5 Å². The molecule has 0 spiro atoms. The maximum Gasteiger partial charge on any atom is 0.408 e. The van der Waals surface area contributed by atoms with Crippen molar-refractivity contribution < 1.29 is 24.6 Å². The molecule has 0 aromatic carbocycles. The van der Waals surface area contributed by atoms with Crippen molar-refractivity contribution in [3.05, 3.63) is 0 Å². The topological polar surface area (TPSA) is 134 Å². The minimum absolute atomic E-state index is 0.00443. The summed E-state index contributed by atoms with van der Waals surface area (Å²) in [5.74, 6) is -1.32. The van der Waals surface area contributed by atoms with Gasteiger partial charge in [0.1, 0.15) is 17.5 Å². The van der Waals surface area contributed by atoms with Crippen molar-refractivity contribution in [2.75, 3.05) is 0 Å². The van der Waals surface area contributed by atoms with Gasteiger partial charge in [-0.25, -0.2) is 9.59 Å². The number of carbonyl (C=O) groups is 2. The number of oxime groups is 1. The van der Waals surface area contributed by atoms with Crippen LogP contribution in [0.2, 0.25) is 0 Å². The first-order valence-electron chi connectivity index (χ1n) is 5.34. The molecule has 0 aliphatic carbocycles. The average molecular weight is 261 g/mol. The van der Waals surface area contributed by atoms with Gasteiger partial charge in [-0.15, -0.1) is 0 Å². The Balaban J connectivity index is 4.37. The minimum Gasteiger partial charge on any atom is -0.480 e. The van der Waals surface area contributed by atoms with Crippen LogP contribution in [0.5, 0.6) is 0 Å². The number of amides is 1. The fraction of sp³-hybridized carbons (Fsp3) is 0.700. The van der Waals surface area contributed by atoms with E-state index in [1.54, 1.807) is 20.8 Å². The summed E-state index contributed by atoms with van der Waals surface area (Å²) in [6, 6.07) is -1.15. The van der Waals surface area contributed by atoms with E-state index in [0.29, 0.717) is 0 Å². The second-order valence-electron chi connectivity index (χ2n) is 4.67. The lowest BCUT2D eigenvalue weighted by molar-refractivity contribution is -0.139. The molecule has 8 nitrogen and oxygen atoms in total. The van der Waals surface area contributed by atoms with Crippen molar-refractivity contribution in [1.82, 2.24) is 5.32 Å². The SMILES string of the molecule is CC(C)(C)OC(=O)N[C@@H](CC/C(N)=N/O)C(=O)O. The monoisotopic (exact) mass is 261 g/mol. The van der Waals surface area contributed by atoms with Crippen LogP contribution in [0.15, 0.2) is 5.16 Å². The number of rotatable bonds is 5. The molecule has 104 valence electrons. The first kappa shape index (κ1) is 16.0. The number of hydrogen-bond donors (Lipinski definition) is 4. The van der Waals surface area contributed by atoms with Crippen LogP contribution < -0.4 is 11.1 Å². The summed E-state index contributed by atoms with van der Waals surface area (Å²) in [5, 5.41) is 22.1. The highest BCUT2D eigenvalue weighted by Gasteiger charge is 2.23. The molecule has 0 aromatic rings. The van der Waals surface area contributed by atoms with Crippen molar-refractivity contribution in [3.8, 4) is 0 Å². The molecule has 0 heterocycles. The summed E-state index contributed by atoms with van der Waals surface area (Å²) in [6.45, 7) is 5.00. The molecule has 0 aliphatic heterocycles. The van der Waals surface area contributed by atoms with Gasteiger partial charge in [0.2, 0.25) is 0 Å². The zero-order valence-corrected chi connectivity index (χ0v) is 10.6. The quantitative estimate of drug-likeness (QED) is 0.246. The molecule has 0 saturated heterocycles. The third kappa shape index (κ3) is 7.31. The Morgan fingerprint density at radius 2 is 2.00 bits per heavy atom. The number of aliphatic carboxylic acids is 1. The molecule has 0 fully saturated rings. The first-order valence-corrected chi connectivity index (χ1v) is 5.34. The molecule has 1 atom stereocenters. The number of carboxylic acids is 1. The van der Waals surface area contributed by atoms with Gasteiger partial charge in [-0.05, 0) is 27.2 Å². The molecule has 1 amide bonds. The van der Waals surface area contributed by atoms with Gasteiger partial charge in [0.25, 0.3) is 0 Å². The Hall–Kier alpha value is -1.99. The molecular formula is C10H19N3O5. The highest BCUT2D eigenvalue weighted by atomic mass is 16.6. The number of carbonyl (C=O) groups excluding carboxylic acids is 1. The van der Waals surface area contributed by atoms with Gasteiger partial charge in [-0.3, -0.25) is 0 Å². The van der Waals surface area contributed by atoms with Gasteiger partial charge in [0, 0.05) is 6.42 Å². The zero-order valence-electron chi connectivity index (χ0n) is 10.6. The van der Waals surface area contributed by atoms with Gasteiger partial charge in [-0.2, -0.15) is 0 Å². The van der Waals surface area contributed by atoms with Crippen LogP contribution >= 0.6 is 0 Å². The van der Waals surface area contributed by atoms with Crippen molar-refractivity contribution in [2.24, 2.45) is 10.9 Å². The maximum absolute atomic E-state index is 11.4. The predicted octanol–water partition coefficient (Wildman–Crippen LogP) is 0.491. The molecule has 0 aliphatic rings. The van der Waals surface area contributed by atoms with E-state index < -0.39 is 23.7 Å². The summed E-state index contributed by atoms with van der Waals surface area (Å²) in [4.78, 5) is 22.3. The molecule has 0 unspecified atom stereocenters. The number of ether oxygens (including phenoxy) is 1. The number of hydrogen-bond acceptors (Lipinski definition) is 5. The Morgan fingerprint density at radius 3 is 2.39 bits per heavy atom. The third-order valence-corrected chi connectivity index (χ3v) is 1.81. The van der Waals surface area contributed by atoms with Gasteiger partial charge < -0.3 is 26.1 Å². The van der Waals surface area contributed by atoms with Crippen LogP contribution in [-0.4, -0.2) is 39.9 Å². The van der Waals surface area contributed by atoms with Gasteiger partial charge >= 0.3 is 12.1 Å². The molecule has 5 N–H and O–H groups in total. The van der Waals surface area contributed by atoms with Crippen LogP contribution in [0, 0.1) is 0 Å². The predicted molar refractivity (Wildman–Crippen MR) is 63.4 cm³/mol. The number of amidine groups is 1. The number of nitrogens with zero attached hydrogens (tertiary/aromatic N) is 1. The van der Waals surface area contributed by atoms with Crippen LogP contribution in [0.4, 0.5) is 4.79 Å². The van der Waals surface area contributed by atoms with E-state index in [0.717, 1.165) is 0 Å². The molecule has 0 radical (unpaired) electrons. The Kier molecular flexibility index (Phi) is 5.94. The lowest BCUT2D eigenvalue weighted by Crippen LogP contribution is -2.43. The second-order valence-corrected chi connectivity index (χ2v) is 4.67. The minimum atomic E-state index is -1.22. The molecule has 8 heteroatoms. The lowest BCUT2D eigenvalue weighted by atomic mass is 10.1. The van der Waals surface area contributed by atoms with E-state index in [1.165, 1.54) is 0 Å². The standard InChI is InChI=1S/C10H19N3O5/c1-10(2,3)18-9(16)12-6(8(14)15)4-5-7(11)13-17/h6,17H,4-5H2,1-3H3,(H2,11,13)(H,12,16)(H,14,15)/t6-/m0/s1. The van der Waals surface area contributed by atoms with Crippen molar-refractivity contribution >= 4 is 17.9 Å². The Bertz CT molecular complexity index is 335. The zero-order chi connectivity index (χ0) is 14.3. The molecule has 0 rings (SSSR count). The summed E-state index contributed by atoms with van der Waals surface area (Å²) >= 11 is 0. The fourth-order valence-electron chi connectivity index (χ4n) is 1.05. The molecular weight excluding hydrogens is 242 g/mol. The molecule has 0 saturated carbocycles. The molecule has 0 aromatic heterocycles. The summed E-state index contributed by atoms with van der Waals surface area (Å²) in [6.07, 6.45) is -0.775. The Labute approximate surface area is 105 Å². The van der Waals surface area contributed by atoms with Gasteiger partial charge in [0.15, 0.2) is 0 Å². The van der Waals surface area contributed by atoms with Crippen LogP contribution in [-0.2, 0) is 9.53 Å². The number of alkyl carbamates (subject to hydrolysis) is 1. The van der Waals surface area contributed by atoms with Gasteiger partial charge in [0.05, 0.1) is 0 Å². The van der Waals surface area contributed by atoms with E-state index in [4.69, 9.17) is 20.8 Å². The van der Waals surface area contributed by atoms with Crippen LogP contribution in [0.3, 0.4) is 0 Å². The normalized spacial score (nSPS) is 13.8. The van der Waals surface area contributed by atoms with Crippen molar-refractivity contribution in [3.63, 3.8) is 0 Å². The van der Waals surface area contributed by atoms with E-state index >= 15 is 0 Å². The van der Waals surface area contributed by atoms with Crippen LogP contribution in [0.25, 0.3) is 0 Å². The van der Waals surface area contributed by atoms with Gasteiger partial charge in [-0.1, -0.05) is 5.16 Å². The van der Waals surface area contributed by atoms with Crippen molar-refractivity contribution in [2.45, 2.75) is 45.3 Å². The average Bonchev–Trinajstić information content (AvgIpc) is 2.20. The lowest BCUT2D eigenvalue weighted by Gasteiger charge is -2.21. The maximum atomic E-state index is 11.4. The third-order valence-electron chi connectivity index (χ3n) is 1.81. The highest BCUT2D eigenvalue weighted by molar-refractivity contribution is 5.83. The smallest absolute Gasteiger partial charge is 0.408 e. The van der Waals surface area contributed by atoms with E-state index in [1.807, 2.05) is 0 Å². The first-order chi connectivity index (χ1) is 8.15. The molecule has 0 bridgehead atoms. The number of carboxylic acid groups (broad SMARTS) is 1. The number of nitrogens with two attached hydrogens (primary N) is 1. The summed E-state index contributed by atoms with van der Waals surface area (Å²) in [5.41, 5.74) is 4.51. The fourth-order valence-corrected chi connectivity index (χ4v) is 1.05. The van der Waals surface area contributed by atoms with Crippen LogP contribution in [0.1, 0.15) is 33.6 Å².